The van der Waals surface area contributed by atoms with Gasteiger partial charge in [-0.25, -0.2) is 8.42 Å². The number of carbonyl (C=O) groups is 1. The molecule has 0 spiro atoms. The van der Waals surface area contributed by atoms with Crippen LogP contribution in [0.5, 0.6) is 0 Å². The molecule has 1 N–H and O–H groups in total. The number of likely N-dealkylation sites (N-methyl/N-ethyl adjacent to an activating group) is 1. The molecule has 1 amide bonds. The zero-order valence-electron chi connectivity index (χ0n) is 18.9. The van der Waals surface area contributed by atoms with E-state index in [4.69, 9.17) is 0 Å². The van der Waals surface area contributed by atoms with Gasteiger partial charge >= 0.3 is 0 Å². The van der Waals surface area contributed by atoms with Gasteiger partial charge in [0.25, 0.3) is 5.91 Å². The first-order valence-electron chi connectivity index (χ1n) is 11.3. The van der Waals surface area contributed by atoms with Gasteiger partial charge in [-0.1, -0.05) is 12.5 Å². The van der Waals surface area contributed by atoms with Gasteiger partial charge in [0.1, 0.15) is 0 Å². The van der Waals surface area contributed by atoms with Crippen molar-refractivity contribution in [1.29, 1.82) is 0 Å². The van der Waals surface area contributed by atoms with Gasteiger partial charge in [0, 0.05) is 56.2 Å². The number of hydrogen-bond acceptors (Lipinski definition) is 5. The fourth-order valence-corrected chi connectivity index (χ4v) is 5.95. The van der Waals surface area contributed by atoms with E-state index >= 15 is 0 Å². The minimum Gasteiger partial charge on any atom is -0.369 e. The summed E-state index contributed by atoms with van der Waals surface area (Å²) in [4.78, 5) is 17.7. The monoisotopic (exact) mass is 456 g/mol. The number of nitrogens with one attached hydrogen (secondary N) is 1. The Kier molecular flexibility index (Phi) is 6.83. The largest absolute Gasteiger partial charge is 0.369 e. The van der Waals surface area contributed by atoms with Crippen LogP contribution in [0, 0.1) is 6.92 Å². The standard InChI is InChI=1S/C24H32N4O3S/c1-19-17-21(9-10-23(19)27-15-13-26(2)14-16-27)25-24(29)20-7-6-8-22(18-20)32(30,31)28-11-4-3-5-12-28/h6-10,17-18H,3-5,11-16H2,1-2H3,(H,25,29). The van der Waals surface area contributed by atoms with E-state index in [2.05, 4.69) is 29.1 Å². The number of anilines is 2. The lowest BCUT2D eigenvalue weighted by Gasteiger charge is -2.35. The Hall–Kier alpha value is -2.42. The lowest BCUT2D eigenvalue weighted by Crippen LogP contribution is -2.44. The molecule has 0 bridgehead atoms. The molecule has 0 radical (unpaired) electrons. The summed E-state index contributed by atoms with van der Waals surface area (Å²) in [6.07, 6.45) is 2.81. The molecule has 2 aromatic rings. The summed E-state index contributed by atoms with van der Waals surface area (Å²) in [6, 6.07) is 12.3. The predicted octanol–water partition coefficient (Wildman–Crippen LogP) is 3.17. The van der Waals surface area contributed by atoms with E-state index in [1.807, 2.05) is 18.2 Å². The van der Waals surface area contributed by atoms with Crippen molar-refractivity contribution in [2.45, 2.75) is 31.1 Å². The molecule has 4 rings (SSSR count). The molecule has 2 aliphatic heterocycles. The molecule has 0 atom stereocenters. The van der Waals surface area contributed by atoms with Crippen LogP contribution in [-0.4, -0.2) is 69.8 Å². The molecule has 8 heteroatoms. The lowest BCUT2D eigenvalue weighted by atomic mass is 10.1. The topological polar surface area (TPSA) is 73.0 Å². The number of piperidine rings is 1. The van der Waals surface area contributed by atoms with E-state index in [0.717, 1.165) is 51.0 Å². The third-order valence-corrected chi connectivity index (χ3v) is 8.24. The molecule has 32 heavy (non-hydrogen) atoms. The predicted molar refractivity (Wildman–Crippen MR) is 128 cm³/mol. The number of amides is 1. The number of nitrogens with zero attached hydrogens (tertiary/aromatic N) is 3. The van der Waals surface area contributed by atoms with Crippen molar-refractivity contribution in [1.82, 2.24) is 9.21 Å². The first-order chi connectivity index (χ1) is 15.3. The number of hydrogen-bond donors (Lipinski definition) is 1. The first kappa shape index (κ1) is 22.8. The number of sulfonamides is 1. The molecule has 2 heterocycles. The molecule has 2 fully saturated rings. The molecule has 0 saturated carbocycles. The first-order valence-corrected chi connectivity index (χ1v) is 12.7. The zero-order chi connectivity index (χ0) is 22.7. The van der Waals surface area contributed by atoms with Crippen molar-refractivity contribution in [2.24, 2.45) is 0 Å². The third-order valence-electron chi connectivity index (χ3n) is 6.35. The van der Waals surface area contributed by atoms with Gasteiger partial charge in [-0.05, 0) is 68.8 Å². The fraction of sp³-hybridized carbons (Fsp3) is 0.458. The van der Waals surface area contributed by atoms with Crippen molar-refractivity contribution in [2.75, 3.05) is 56.5 Å². The van der Waals surface area contributed by atoms with Crippen molar-refractivity contribution in [3.63, 3.8) is 0 Å². The molecule has 0 aliphatic carbocycles. The van der Waals surface area contributed by atoms with Crippen LogP contribution in [-0.2, 0) is 10.0 Å². The van der Waals surface area contributed by atoms with Gasteiger partial charge in [0.05, 0.1) is 4.90 Å². The zero-order valence-corrected chi connectivity index (χ0v) is 19.7. The second-order valence-corrected chi connectivity index (χ2v) is 10.7. The maximum absolute atomic E-state index is 13.0. The number of carbonyl (C=O) groups excluding carboxylic acids is 1. The van der Waals surface area contributed by atoms with Crippen molar-refractivity contribution in [3.8, 4) is 0 Å². The summed E-state index contributed by atoms with van der Waals surface area (Å²) >= 11 is 0. The highest BCUT2D eigenvalue weighted by Crippen LogP contribution is 2.26. The SMILES string of the molecule is Cc1cc(NC(=O)c2cccc(S(=O)(=O)N3CCCCC3)c2)ccc1N1CCN(C)CC1. The highest BCUT2D eigenvalue weighted by atomic mass is 32.2. The average molecular weight is 457 g/mol. The van der Waals surface area contributed by atoms with E-state index in [9.17, 15) is 13.2 Å². The second-order valence-electron chi connectivity index (χ2n) is 8.74. The Morgan fingerprint density at radius 3 is 2.31 bits per heavy atom. The van der Waals surface area contributed by atoms with Crippen molar-refractivity contribution < 1.29 is 13.2 Å². The molecule has 7 nitrogen and oxygen atoms in total. The van der Waals surface area contributed by atoms with E-state index in [0.29, 0.717) is 24.3 Å². The molecule has 2 aliphatic rings. The van der Waals surface area contributed by atoms with Gasteiger partial charge in [-0.15, -0.1) is 0 Å². The number of piperazine rings is 1. The number of aryl methyl sites for hydroxylation is 1. The quantitative estimate of drug-likeness (QED) is 0.748. The highest BCUT2D eigenvalue weighted by Gasteiger charge is 2.26. The number of rotatable bonds is 5. The molecule has 2 saturated heterocycles. The Morgan fingerprint density at radius 1 is 0.906 bits per heavy atom. The molecular weight excluding hydrogens is 424 g/mol. The molecule has 172 valence electrons. The van der Waals surface area contributed by atoms with Crippen LogP contribution in [0.4, 0.5) is 11.4 Å². The van der Waals surface area contributed by atoms with Gasteiger partial charge in [0.2, 0.25) is 10.0 Å². The molecular formula is C24H32N4O3S. The summed E-state index contributed by atoms with van der Waals surface area (Å²) in [5, 5.41) is 2.92. The van der Waals surface area contributed by atoms with Gasteiger partial charge in [-0.3, -0.25) is 4.79 Å². The van der Waals surface area contributed by atoms with E-state index < -0.39 is 10.0 Å². The van der Waals surface area contributed by atoms with Crippen LogP contribution < -0.4 is 10.2 Å². The van der Waals surface area contributed by atoms with Crippen LogP contribution in [0.25, 0.3) is 0 Å². The Balaban J connectivity index is 1.47. The summed E-state index contributed by atoms with van der Waals surface area (Å²) in [5.41, 5.74) is 3.33. The van der Waals surface area contributed by atoms with Crippen LogP contribution in [0.1, 0.15) is 35.2 Å². The third kappa shape index (κ3) is 4.98. The molecule has 2 aromatic carbocycles. The normalized spacial score (nSPS) is 18.5. The van der Waals surface area contributed by atoms with E-state index in [1.165, 1.54) is 16.1 Å². The second kappa shape index (κ2) is 9.60. The van der Waals surface area contributed by atoms with Gasteiger partial charge < -0.3 is 15.1 Å². The Bertz CT molecular complexity index is 1070. The highest BCUT2D eigenvalue weighted by molar-refractivity contribution is 7.89. The van der Waals surface area contributed by atoms with E-state index in [1.54, 1.807) is 18.2 Å². The minimum absolute atomic E-state index is 0.175. The smallest absolute Gasteiger partial charge is 0.255 e. The van der Waals surface area contributed by atoms with Crippen molar-refractivity contribution >= 4 is 27.3 Å². The lowest BCUT2D eigenvalue weighted by molar-refractivity contribution is 0.102. The summed E-state index contributed by atoms with van der Waals surface area (Å²) in [7, 11) is -1.44. The van der Waals surface area contributed by atoms with Crippen LogP contribution >= 0.6 is 0 Å². The van der Waals surface area contributed by atoms with Gasteiger partial charge in [0.15, 0.2) is 0 Å². The summed E-state index contributed by atoms with van der Waals surface area (Å²) in [5.74, 6) is -0.313. The minimum atomic E-state index is -3.58. The maximum atomic E-state index is 13.0. The molecule has 0 aromatic heterocycles. The summed E-state index contributed by atoms with van der Waals surface area (Å²) < 4.78 is 27.4. The maximum Gasteiger partial charge on any atom is 0.255 e. The average Bonchev–Trinajstić information content (AvgIpc) is 2.80. The Morgan fingerprint density at radius 2 is 1.62 bits per heavy atom. The van der Waals surface area contributed by atoms with Gasteiger partial charge in [-0.2, -0.15) is 4.31 Å². The summed E-state index contributed by atoms with van der Waals surface area (Å²) in [6.45, 7) is 7.18. The van der Waals surface area contributed by atoms with Crippen LogP contribution in [0.2, 0.25) is 0 Å². The molecule has 0 unspecified atom stereocenters. The van der Waals surface area contributed by atoms with Crippen molar-refractivity contribution in [3.05, 3.63) is 53.6 Å². The fourth-order valence-electron chi connectivity index (χ4n) is 4.39. The number of benzene rings is 2. The van der Waals surface area contributed by atoms with E-state index in [-0.39, 0.29) is 10.8 Å². The van der Waals surface area contributed by atoms with Crippen LogP contribution in [0.3, 0.4) is 0 Å². The Labute approximate surface area is 191 Å². The van der Waals surface area contributed by atoms with Crippen LogP contribution in [0.15, 0.2) is 47.4 Å².